The molecule has 0 fully saturated rings. The first-order chi connectivity index (χ1) is 9.44. The molecular formula is C16H27N3O. The number of carbonyl (C=O) groups is 1. The highest BCUT2D eigenvalue weighted by Gasteiger charge is 2.23. The van der Waals surface area contributed by atoms with Crippen LogP contribution in [-0.2, 0) is 11.2 Å². The number of nitrogens with one attached hydrogen (secondary N) is 1. The fourth-order valence-corrected chi connectivity index (χ4v) is 2.22. The van der Waals surface area contributed by atoms with Crippen LogP contribution in [0.15, 0.2) is 30.3 Å². The van der Waals surface area contributed by atoms with Crippen LogP contribution in [0.1, 0.15) is 38.7 Å². The van der Waals surface area contributed by atoms with E-state index in [1.54, 1.807) is 0 Å². The van der Waals surface area contributed by atoms with Gasteiger partial charge in [-0.3, -0.25) is 4.79 Å². The van der Waals surface area contributed by atoms with Crippen molar-refractivity contribution in [3.05, 3.63) is 35.9 Å². The largest absolute Gasteiger partial charge is 0.350 e. The van der Waals surface area contributed by atoms with Gasteiger partial charge in [-0.15, -0.1) is 0 Å². The summed E-state index contributed by atoms with van der Waals surface area (Å²) < 4.78 is 0. The lowest BCUT2D eigenvalue weighted by molar-refractivity contribution is -0.124. The van der Waals surface area contributed by atoms with E-state index in [0.717, 1.165) is 19.3 Å². The van der Waals surface area contributed by atoms with E-state index in [2.05, 4.69) is 17.4 Å². The number of carbonyl (C=O) groups excluding carboxylic acids is 1. The molecular weight excluding hydrogens is 250 g/mol. The van der Waals surface area contributed by atoms with Gasteiger partial charge in [0.1, 0.15) is 0 Å². The summed E-state index contributed by atoms with van der Waals surface area (Å²) in [4.78, 5) is 12.1. The van der Waals surface area contributed by atoms with Gasteiger partial charge in [-0.25, -0.2) is 0 Å². The molecule has 5 N–H and O–H groups in total. The van der Waals surface area contributed by atoms with Crippen molar-refractivity contribution in [1.29, 1.82) is 0 Å². The van der Waals surface area contributed by atoms with Crippen molar-refractivity contribution < 1.29 is 4.79 Å². The Morgan fingerprint density at radius 1 is 1.25 bits per heavy atom. The summed E-state index contributed by atoms with van der Waals surface area (Å²) in [5, 5.41) is 3.04. The van der Waals surface area contributed by atoms with E-state index in [0.29, 0.717) is 13.0 Å². The number of amides is 1. The first kappa shape index (κ1) is 16.7. The third-order valence-corrected chi connectivity index (χ3v) is 3.26. The lowest BCUT2D eigenvalue weighted by Gasteiger charge is -2.28. The molecule has 0 aliphatic heterocycles. The van der Waals surface area contributed by atoms with Crippen molar-refractivity contribution in [2.75, 3.05) is 6.54 Å². The van der Waals surface area contributed by atoms with E-state index in [1.165, 1.54) is 5.56 Å². The Bertz CT molecular complexity index is 403. The first-order valence-electron chi connectivity index (χ1n) is 7.26. The summed E-state index contributed by atoms with van der Waals surface area (Å²) in [6.07, 6.45) is 3.28. The van der Waals surface area contributed by atoms with Crippen molar-refractivity contribution in [3.63, 3.8) is 0 Å². The van der Waals surface area contributed by atoms with Crippen molar-refractivity contribution in [2.24, 2.45) is 11.5 Å². The van der Waals surface area contributed by atoms with Crippen LogP contribution in [0.25, 0.3) is 0 Å². The lowest BCUT2D eigenvalue weighted by atomic mass is 9.94. The van der Waals surface area contributed by atoms with Gasteiger partial charge < -0.3 is 16.8 Å². The molecule has 1 aromatic carbocycles. The summed E-state index contributed by atoms with van der Waals surface area (Å²) in [6.45, 7) is 4.68. The summed E-state index contributed by atoms with van der Waals surface area (Å²) in [5.74, 6) is -0.0806. The lowest BCUT2D eigenvalue weighted by Crippen LogP contribution is -2.51. The van der Waals surface area contributed by atoms with Crippen LogP contribution in [0, 0.1) is 0 Å². The second-order valence-electron chi connectivity index (χ2n) is 5.93. The smallest absolute Gasteiger partial charge is 0.237 e. The van der Waals surface area contributed by atoms with Crippen LogP contribution >= 0.6 is 0 Å². The molecule has 1 aromatic rings. The minimum atomic E-state index is -0.448. The second-order valence-corrected chi connectivity index (χ2v) is 5.93. The van der Waals surface area contributed by atoms with Crippen LogP contribution in [0.3, 0.4) is 0 Å². The summed E-state index contributed by atoms with van der Waals surface area (Å²) in [5.41, 5.74) is 12.2. The van der Waals surface area contributed by atoms with Gasteiger partial charge in [0.15, 0.2) is 0 Å². The maximum atomic E-state index is 12.1. The molecule has 112 valence electrons. The first-order valence-corrected chi connectivity index (χ1v) is 7.26. The molecule has 0 spiro atoms. The van der Waals surface area contributed by atoms with E-state index in [1.807, 2.05) is 32.0 Å². The van der Waals surface area contributed by atoms with Crippen molar-refractivity contribution in [2.45, 2.75) is 51.1 Å². The standard InChI is InChI=1S/C16H27N3O/c1-16(2,12-13-8-4-3-5-9-13)19-15(20)14(18)10-6-7-11-17/h3-5,8-9,14H,6-7,10-12,17-18H2,1-2H3,(H,19,20)/t14-/m0/s1. The molecule has 0 saturated heterocycles. The average molecular weight is 277 g/mol. The van der Waals surface area contributed by atoms with Gasteiger partial charge in [0.2, 0.25) is 5.91 Å². The Labute approximate surface area is 121 Å². The quantitative estimate of drug-likeness (QED) is 0.631. The van der Waals surface area contributed by atoms with Crippen LogP contribution < -0.4 is 16.8 Å². The number of hydrogen-bond acceptors (Lipinski definition) is 3. The highest BCUT2D eigenvalue weighted by molar-refractivity contribution is 5.82. The number of hydrogen-bond donors (Lipinski definition) is 3. The average Bonchev–Trinajstić information content (AvgIpc) is 2.38. The summed E-state index contributed by atoms with van der Waals surface area (Å²) in [7, 11) is 0. The second kappa shape index (κ2) is 8.02. The minimum absolute atomic E-state index is 0.0806. The summed E-state index contributed by atoms with van der Waals surface area (Å²) in [6, 6.07) is 9.68. The molecule has 0 radical (unpaired) electrons. The predicted molar refractivity (Wildman–Crippen MR) is 83.2 cm³/mol. The molecule has 4 nitrogen and oxygen atoms in total. The fourth-order valence-electron chi connectivity index (χ4n) is 2.22. The molecule has 20 heavy (non-hydrogen) atoms. The van der Waals surface area contributed by atoms with E-state index in [9.17, 15) is 4.79 Å². The third-order valence-electron chi connectivity index (χ3n) is 3.26. The summed E-state index contributed by atoms with van der Waals surface area (Å²) >= 11 is 0. The zero-order valence-electron chi connectivity index (χ0n) is 12.6. The van der Waals surface area contributed by atoms with Gasteiger partial charge in [0, 0.05) is 5.54 Å². The van der Waals surface area contributed by atoms with Crippen LogP contribution in [0.4, 0.5) is 0 Å². The molecule has 0 aliphatic rings. The molecule has 0 saturated carbocycles. The molecule has 0 unspecified atom stereocenters. The normalized spacial score (nSPS) is 13.0. The number of nitrogens with two attached hydrogens (primary N) is 2. The monoisotopic (exact) mass is 277 g/mol. The molecule has 1 rings (SSSR count). The zero-order valence-corrected chi connectivity index (χ0v) is 12.6. The van der Waals surface area contributed by atoms with Crippen molar-refractivity contribution in [3.8, 4) is 0 Å². The predicted octanol–water partition coefficient (Wildman–Crippen LogP) is 1.58. The Kier molecular flexibility index (Phi) is 6.68. The van der Waals surface area contributed by atoms with Crippen LogP contribution in [0.2, 0.25) is 0 Å². The van der Waals surface area contributed by atoms with E-state index >= 15 is 0 Å². The molecule has 0 aliphatic carbocycles. The molecule has 0 bridgehead atoms. The number of rotatable bonds is 8. The molecule has 1 amide bonds. The van der Waals surface area contributed by atoms with Gasteiger partial charge >= 0.3 is 0 Å². The SMILES string of the molecule is CC(C)(Cc1ccccc1)NC(=O)[C@@H](N)CCCCN. The number of benzene rings is 1. The Morgan fingerprint density at radius 3 is 2.50 bits per heavy atom. The molecule has 4 heteroatoms. The molecule has 1 atom stereocenters. The van der Waals surface area contributed by atoms with Gasteiger partial charge in [-0.2, -0.15) is 0 Å². The molecule has 0 aromatic heterocycles. The van der Waals surface area contributed by atoms with Crippen LogP contribution in [0.5, 0.6) is 0 Å². The van der Waals surface area contributed by atoms with Crippen LogP contribution in [-0.4, -0.2) is 24.0 Å². The Morgan fingerprint density at radius 2 is 1.90 bits per heavy atom. The van der Waals surface area contributed by atoms with Gasteiger partial charge in [-0.05, 0) is 45.2 Å². The minimum Gasteiger partial charge on any atom is -0.350 e. The fraction of sp³-hybridized carbons (Fsp3) is 0.562. The number of unbranched alkanes of at least 4 members (excludes halogenated alkanes) is 1. The molecule has 0 heterocycles. The highest BCUT2D eigenvalue weighted by atomic mass is 16.2. The Hall–Kier alpha value is -1.39. The highest BCUT2D eigenvalue weighted by Crippen LogP contribution is 2.13. The van der Waals surface area contributed by atoms with Crippen molar-refractivity contribution >= 4 is 5.91 Å². The van der Waals surface area contributed by atoms with E-state index in [-0.39, 0.29) is 11.4 Å². The van der Waals surface area contributed by atoms with Gasteiger partial charge in [0.05, 0.1) is 6.04 Å². The van der Waals surface area contributed by atoms with E-state index < -0.39 is 6.04 Å². The van der Waals surface area contributed by atoms with Crippen molar-refractivity contribution in [1.82, 2.24) is 5.32 Å². The van der Waals surface area contributed by atoms with Gasteiger partial charge in [-0.1, -0.05) is 36.8 Å². The third kappa shape index (κ3) is 6.17. The van der Waals surface area contributed by atoms with Gasteiger partial charge in [0.25, 0.3) is 0 Å². The van der Waals surface area contributed by atoms with E-state index in [4.69, 9.17) is 11.5 Å². The maximum absolute atomic E-state index is 12.1. The zero-order chi connectivity index (χ0) is 15.0. The topological polar surface area (TPSA) is 81.1 Å². The Balaban J connectivity index is 2.46. The maximum Gasteiger partial charge on any atom is 0.237 e.